The van der Waals surface area contributed by atoms with Crippen LogP contribution in [0.2, 0.25) is 0 Å². The molecule has 122 valence electrons. The van der Waals surface area contributed by atoms with E-state index in [0.29, 0.717) is 30.9 Å². The number of carbonyl (C=O) groups excluding carboxylic acids is 2. The van der Waals surface area contributed by atoms with Crippen molar-refractivity contribution < 1.29 is 19.1 Å². The van der Waals surface area contributed by atoms with Gasteiger partial charge in [0, 0.05) is 11.3 Å². The molecule has 6 heteroatoms. The quantitative estimate of drug-likeness (QED) is 0.902. The van der Waals surface area contributed by atoms with Gasteiger partial charge in [-0.05, 0) is 35.9 Å². The highest BCUT2D eigenvalue weighted by Crippen LogP contribution is 2.30. The van der Waals surface area contributed by atoms with Gasteiger partial charge in [0.15, 0.2) is 11.5 Å². The molecule has 0 bridgehead atoms. The fraction of sp³-hybridized carbons (Fsp3) is 0.222. The van der Waals surface area contributed by atoms with E-state index in [0.717, 1.165) is 17.0 Å². The van der Waals surface area contributed by atoms with Crippen molar-refractivity contribution in [3.05, 3.63) is 53.6 Å². The first kappa shape index (κ1) is 14.6. The van der Waals surface area contributed by atoms with E-state index in [1.165, 1.54) is 0 Å². The van der Waals surface area contributed by atoms with E-state index >= 15 is 0 Å². The molecule has 4 rings (SSSR count). The lowest BCUT2D eigenvalue weighted by molar-refractivity contribution is -0.115. The third-order valence-electron chi connectivity index (χ3n) is 4.05. The highest BCUT2D eigenvalue weighted by atomic mass is 16.6. The first-order valence-corrected chi connectivity index (χ1v) is 7.78. The molecule has 2 aromatic rings. The van der Waals surface area contributed by atoms with Gasteiger partial charge in [0.05, 0.1) is 13.0 Å². The smallest absolute Gasteiger partial charge is 0.251 e. The molecular formula is C18H16N2O4. The van der Waals surface area contributed by atoms with Crippen molar-refractivity contribution in [3.8, 4) is 11.5 Å². The number of amides is 2. The monoisotopic (exact) mass is 324 g/mol. The van der Waals surface area contributed by atoms with E-state index in [9.17, 15) is 9.59 Å². The molecule has 1 unspecified atom stereocenters. The summed E-state index contributed by atoms with van der Waals surface area (Å²) in [6.45, 7) is 0.737. The van der Waals surface area contributed by atoms with Crippen LogP contribution < -0.4 is 20.1 Å². The van der Waals surface area contributed by atoms with E-state index in [1.807, 2.05) is 24.3 Å². The summed E-state index contributed by atoms with van der Waals surface area (Å²) in [5.74, 6) is 1.16. The number of para-hydroxylation sites is 2. The predicted octanol–water partition coefficient (Wildman–Crippen LogP) is 1.75. The Bertz CT molecular complexity index is 818. The molecule has 2 aliphatic rings. The summed E-state index contributed by atoms with van der Waals surface area (Å²) in [7, 11) is 0. The molecule has 0 aliphatic carbocycles. The number of carbonyl (C=O) groups is 2. The maximum absolute atomic E-state index is 12.3. The molecule has 2 heterocycles. The Balaban J connectivity index is 1.38. The molecule has 2 aromatic carbocycles. The highest BCUT2D eigenvalue weighted by molar-refractivity contribution is 6.01. The number of hydrogen-bond donors (Lipinski definition) is 2. The van der Waals surface area contributed by atoms with Crippen LogP contribution in [0.1, 0.15) is 15.9 Å². The fourth-order valence-corrected chi connectivity index (χ4v) is 2.84. The number of benzene rings is 2. The Morgan fingerprint density at radius 2 is 2.04 bits per heavy atom. The van der Waals surface area contributed by atoms with Gasteiger partial charge in [-0.3, -0.25) is 9.59 Å². The molecule has 6 nitrogen and oxygen atoms in total. The topological polar surface area (TPSA) is 76.7 Å². The first-order valence-electron chi connectivity index (χ1n) is 7.78. The van der Waals surface area contributed by atoms with Gasteiger partial charge in [0.25, 0.3) is 5.91 Å². The van der Waals surface area contributed by atoms with Crippen molar-refractivity contribution in [2.75, 3.05) is 18.5 Å². The van der Waals surface area contributed by atoms with Crippen LogP contribution in [-0.4, -0.2) is 31.1 Å². The van der Waals surface area contributed by atoms with Crippen LogP contribution in [0.25, 0.3) is 0 Å². The Morgan fingerprint density at radius 3 is 2.92 bits per heavy atom. The van der Waals surface area contributed by atoms with Crippen LogP contribution in [0.3, 0.4) is 0 Å². The minimum absolute atomic E-state index is 0.0472. The lowest BCUT2D eigenvalue weighted by atomic mass is 10.1. The van der Waals surface area contributed by atoms with E-state index in [4.69, 9.17) is 9.47 Å². The number of fused-ring (bicyclic) bond motifs is 2. The van der Waals surface area contributed by atoms with Gasteiger partial charge in [-0.2, -0.15) is 0 Å². The standard InChI is InChI=1S/C18H16N2O4/c21-17-8-12-7-11(5-6-14(12)20-17)18(22)19-9-13-10-23-15-3-1-2-4-16(15)24-13/h1-7,13H,8-10H2,(H,19,22)(H,20,21). The fourth-order valence-electron chi connectivity index (χ4n) is 2.84. The SMILES string of the molecule is O=C1Cc2cc(C(=O)NCC3COc4ccccc4O3)ccc2N1. The van der Waals surface area contributed by atoms with Gasteiger partial charge >= 0.3 is 0 Å². The van der Waals surface area contributed by atoms with Crippen LogP contribution in [-0.2, 0) is 11.2 Å². The van der Waals surface area contributed by atoms with Gasteiger partial charge in [-0.15, -0.1) is 0 Å². The van der Waals surface area contributed by atoms with Gasteiger partial charge < -0.3 is 20.1 Å². The highest BCUT2D eigenvalue weighted by Gasteiger charge is 2.22. The minimum Gasteiger partial charge on any atom is -0.486 e. The van der Waals surface area contributed by atoms with Crippen LogP contribution >= 0.6 is 0 Å². The molecule has 0 spiro atoms. The molecule has 0 fully saturated rings. The number of anilines is 1. The number of nitrogens with one attached hydrogen (secondary N) is 2. The summed E-state index contributed by atoms with van der Waals surface area (Å²) in [5.41, 5.74) is 2.15. The zero-order valence-electron chi connectivity index (χ0n) is 12.9. The molecular weight excluding hydrogens is 308 g/mol. The van der Waals surface area contributed by atoms with E-state index < -0.39 is 0 Å². The summed E-state index contributed by atoms with van der Waals surface area (Å²) in [6.07, 6.45) is 0.0776. The molecule has 1 atom stereocenters. The summed E-state index contributed by atoms with van der Waals surface area (Å²) in [4.78, 5) is 23.7. The average Bonchev–Trinajstić information content (AvgIpc) is 2.98. The van der Waals surface area contributed by atoms with Gasteiger partial charge in [0.1, 0.15) is 12.7 Å². The third kappa shape index (κ3) is 2.78. The Hall–Kier alpha value is -3.02. The Kier molecular flexibility index (Phi) is 3.57. The molecule has 2 amide bonds. The largest absolute Gasteiger partial charge is 0.486 e. The van der Waals surface area contributed by atoms with Gasteiger partial charge in [0.2, 0.25) is 5.91 Å². The Morgan fingerprint density at radius 1 is 1.21 bits per heavy atom. The van der Waals surface area contributed by atoms with Crippen molar-refractivity contribution in [1.82, 2.24) is 5.32 Å². The van der Waals surface area contributed by atoms with Crippen LogP contribution in [0.4, 0.5) is 5.69 Å². The van der Waals surface area contributed by atoms with E-state index in [2.05, 4.69) is 10.6 Å². The maximum Gasteiger partial charge on any atom is 0.251 e. The normalized spacial score (nSPS) is 17.8. The second kappa shape index (κ2) is 5.88. The zero-order valence-corrected chi connectivity index (χ0v) is 12.9. The van der Waals surface area contributed by atoms with E-state index in [1.54, 1.807) is 18.2 Å². The van der Waals surface area contributed by atoms with Crippen LogP contribution in [0, 0.1) is 0 Å². The van der Waals surface area contributed by atoms with Crippen molar-refractivity contribution in [2.45, 2.75) is 12.5 Å². The average molecular weight is 324 g/mol. The molecule has 2 aliphatic heterocycles. The summed E-state index contributed by atoms with van der Waals surface area (Å²) >= 11 is 0. The molecule has 0 radical (unpaired) electrons. The molecule has 0 saturated carbocycles. The lowest BCUT2D eigenvalue weighted by Gasteiger charge is -2.26. The molecule has 24 heavy (non-hydrogen) atoms. The number of hydrogen-bond acceptors (Lipinski definition) is 4. The van der Waals surface area contributed by atoms with Crippen LogP contribution in [0.5, 0.6) is 11.5 Å². The zero-order chi connectivity index (χ0) is 16.5. The predicted molar refractivity (Wildman–Crippen MR) is 87.5 cm³/mol. The Labute approximate surface area is 138 Å². The van der Waals surface area contributed by atoms with Crippen molar-refractivity contribution in [1.29, 1.82) is 0 Å². The molecule has 2 N–H and O–H groups in total. The summed E-state index contributed by atoms with van der Waals surface area (Å²) < 4.78 is 11.4. The number of ether oxygens (including phenoxy) is 2. The second-order valence-electron chi connectivity index (χ2n) is 5.80. The summed E-state index contributed by atoms with van der Waals surface area (Å²) in [6, 6.07) is 12.7. The number of rotatable bonds is 3. The van der Waals surface area contributed by atoms with Crippen molar-refractivity contribution >= 4 is 17.5 Å². The summed E-state index contributed by atoms with van der Waals surface area (Å²) in [5, 5.41) is 5.60. The first-order chi connectivity index (χ1) is 11.7. The molecule has 0 aromatic heterocycles. The molecule has 0 saturated heterocycles. The third-order valence-corrected chi connectivity index (χ3v) is 4.05. The minimum atomic E-state index is -0.235. The second-order valence-corrected chi connectivity index (χ2v) is 5.80. The van der Waals surface area contributed by atoms with Crippen molar-refractivity contribution in [3.63, 3.8) is 0 Å². The van der Waals surface area contributed by atoms with Gasteiger partial charge in [-0.1, -0.05) is 12.1 Å². The van der Waals surface area contributed by atoms with Crippen LogP contribution in [0.15, 0.2) is 42.5 Å². The van der Waals surface area contributed by atoms with Gasteiger partial charge in [-0.25, -0.2) is 0 Å². The van der Waals surface area contributed by atoms with E-state index in [-0.39, 0.29) is 17.9 Å². The van der Waals surface area contributed by atoms with Crippen molar-refractivity contribution in [2.24, 2.45) is 0 Å². The lowest BCUT2D eigenvalue weighted by Crippen LogP contribution is -2.40. The maximum atomic E-state index is 12.3.